The second-order valence-corrected chi connectivity index (χ2v) is 7.21. The van der Waals surface area contributed by atoms with Gasteiger partial charge >= 0.3 is 12.3 Å². The average molecular weight is 383 g/mol. The number of rotatable bonds is 7. The average Bonchev–Trinajstić information content (AvgIpc) is 2.98. The normalized spacial score (nSPS) is 19.6. The van der Waals surface area contributed by atoms with Crippen molar-refractivity contribution in [1.82, 2.24) is 4.72 Å². The number of sulfonamides is 1. The highest BCUT2D eigenvalue weighted by Crippen LogP contribution is 2.24. The van der Waals surface area contributed by atoms with Crippen molar-refractivity contribution in [2.24, 2.45) is 5.92 Å². The molecule has 2 atom stereocenters. The molecule has 1 aromatic carbocycles. The van der Waals surface area contributed by atoms with Gasteiger partial charge < -0.3 is 14.6 Å². The van der Waals surface area contributed by atoms with Gasteiger partial charge in [0.2, 0.25) is 10.0 Å². The summed E-state index contributed by atoms with van der Waals surface area (Å²) in [6.45, 7) is 0.847. The van der Waals surface area contributed by atoms with Crippen molar-refractivity contribution in [3.63, 3.8) is 0 Å². The van der Waals surface area contributed by atoms with Gasteiger partial charge in [0.25, 0.3) is 0 Å². The Morgan fingerprint density at radius 2 is 2.00 bits per heavy atom. The van der Waals surface area contributed by atoms with Gasteiger partial charge in [0, 0.05) is 13.2 Å². The largest absolute Gasteiger partial charge is 0.573 e. The molecule has 0 aromatic heterocycles. The molecule has 1 saturated heterocycles. The van der Waals surface area contributed by atoms with Crippen molar-refractivity contribution >= 4 is 16.0 Å². The van der Waals surface area contributed by atoms with Crippen molar-refractivity contribution < 1.29 is 41.0 Å². The molecule has 0 amide bonds. The van der Waals surface area contributed by atoms with Crippen molar-refractivity contribution in [3.05, 3.63) is 24.3 Å². The van der Waals surface area contributed by atoms with Gasteiger partial charge in [-0.05, 0) is 43.0 Å². The van der Waals surface area contributed by atoms with E-state index in [1.165, 1.54) is 0 Å². The van der Waals surface area contributed by atoms with E-state index in [1.807, 2.05) is 0 Å². The third kappa shape index (κ3) is 5.87. The molecule has 0 bridgehead atoms. The monoisotopic (exact) mass is 383 g/mol. The maximum atomic E-state index is 12.2. The molecule has 1 fully saturated rings. The van der Waals surface area contributed by atoms with Gasteiger partial charge in [-0.3, -0.25) is 4.79 Å². The lowest BCUT2D eigenvalue weighted by Crippen LogP contribution is -2.42. The van der Waals surface area contributed by atoms with Crippen LogP contribution in [0.3, 0.4) is 0 Å². The SMILES string of the molecule is O=C(O)[C@@H](C[C@@H]1CCOC1)NS(=O)(=O)c1ccc(OC(F)(F)F)cc1. The molecule has 2 N–H and O–H groups in total. The Balaban J connectivity index is 2.09. The minimum Gasteiger partial charge on any atom is -0.480 e. The Morgan fingerprint density at radius 3 is 2.48 bits per heavy atom. The molecule has 0 saturated carbocycles. The first-order valence-corrected chi connectivity index (χ1v) is 8.74. The standard InChI is InChI=1S/C14H16F3NO6S/c15-14(16,17)24-10-1-3-11(4-2-10)25(21,22)18-12(13(19)20)7-9-5-6-23-8-9/h1-4,9,12,18H,5-8H2,(H,19,20)/t9-,12+/m0/s1. The molecule has 1 aliphatic rings. The molecule has 11 heteroatoms. The van der Waals surface area contributed by atoms with Gasteiger partial charge in [-0.15, -0.1) is 13.2 Å². The van der Waals surface area contributed by atoms with Gasteiger partial charge in [-0.1, -0.05) is 0 Å². The van der Waals surface area contributed by atoms with E-state index < -0.39 is 34.1 Å². The summed E-state index contributed by atoms with van der Waals surface area (Å²) in [6.07, 6.45) is -4.20. The number of halogens is 3. The molecule has 2 rings (SSSR count). The molecule has 7 nitrogen and oxygen atoms in total. The summed E-state index contributed by atoms with van der Waals surface area (Å²) >= 11 is 0. The van der Waals surface area contributed by atoms with Gasteiger partial charge in [0.15, 0.2) is 0 Å². The predicted molar refractivity (Wildman–Crippen MR) is 78.4 cm³/mol. The zero-order valence-corrected chi connectivity index (χ0v) is 13.6. The van der Waals surface area contributed by atoms with Crippen LogP contribution in [0, 0.1) is 5.92 Å². The van der Waals surface area contributed by atoms with Crippen LogP contribution >= 0.6 is 0 Å². The number of carboxylic acid groups (broad SMARTS) is 1. The van der Waals surface area contributed by atoms with Gasteiger partial charge in [0.05, 0.1) is 4.90 Å². The molecule has 140 valence electrons. The Morgan fingerprint density at radius 1 is 1.36 bits per heavy atom. The number of hydrogen-bond donors (Lipinski definition) is 2. The van der Waals surface area contributed by atoms with Crippen LogP contribution in [0.2, 0.25) is 0 Å². The first kappa shape index (κ1) is 19.5. The van der Waals surface area contributed by atoms with E-state index >= 15 is 0 Å². The van der Waals surface area contributed by atoms with Crippen LogP contribution in [0.5, 0.6) is 5.75 Å². The predicted octanol–water partition coefficient (Wildman–Crippen LogP) is 1.74. The minimum atomic E-state index is -4.89. The lowest BCUT2D eigenvalue weighted by molar-refractivity contribution is -0.274. The summed E-state index contributed by atoms with van der Waals surface area (Å²) in [5.74, 6) is -2.00. The molecule has 25 heavy (non-hydrogen) atoms. The van der Waals surface area contributed by atoms with Crippen molar-refractivity contribution in [1.29, 1.82) is 0 Å². The number of alkyl halides is 3. The molecular weight excluding hydrogens is 367 g/mol. The maximum absolute atomic E-state index is 12.2. The summed E-state index contributed by atoms with van der Waals surface area (Å²) in [5, 5.41) is 9.20. The third-order valence-corrected chi connectivity index (χ3v) is 5.04. The Kier molecular flexibility index (Phi) is 5.91. The number of nitrogens with one attached hydrogen (secondary N) is 1. The fraction of sp³-hybridized carbons (Fsp3) is 0.500. The molecule has 0 radical (unpaired) electrons. The van der Waals surface area contributed by atoms with E-state index in [-0.39, 0.29) is 17.2 Å². The Hall–Kier alpha value is -1.85. The molecule has 0 spiro atoms. The van der Waals surface area contributed by atoms with Gasteiger partial charge in [-0.25, -0.2) is 8.42 Å². The number of ether oxygens (including phenoxy) is 2. The topological polar surface area (TPSA) is 102 Å². The lowest BCUT2D eigenvalue weighted by atomic mass is 10.00. The minimum absolute atomic E-state index is 0.0594. The van der Waals surface area contributed by atoms with E-state index in [1.54, 1.807) is 0 Å². The molecule has 1 heterocycles. The zero-order chi connectivity index (χ0) is 18.7. The van der Waals surface area contributed by atoms with Crippen molar-refractivity contribution in [2.75, 3.05) is 13.2 Å². The number of hydrogen-bond acceptors (Lipinski definition) is 5. The van der Waals surface area contributed by atoms with Crippen LogP contribution in [-0.4, -0.2) is 45.1 Å². The maximum Gasteiger partial charge on any atom is 0.573 e. The van der Waals surface area contributed by atoms with E-state index in [0.717, 1.165) is 24.3 Å². The smallest absolute Gasteiger partial charge is 0.480 e. The van der Waals surface area contributed by atoms with Gasteiger partial charge in [0.1, 0.15) is 11.8 Å². The van der Waals surface area contributed by atoms with Crippen LogP contribution in [0.25, 0.3) is 0 Å². The quantitative estimate of drug-likeness (QED) is 0.744. The van der Waals surface area contributed by atoms with Crippen molar-refractivity contribution in [2.45, 2.75) is 30.1 Å². The number of benzene rings is 1. The van der Waals surface area contributed by atoms with Crippen LogP contribution < -0.4 is 9.46 Å². The number of aliphatic carboxylic acids is 1. The van der Waals surface area contributed by atoms with E-state index in [2.05, 4.69) is 9.46 Å². The second kappa shape index (κ2) is 7.58. The molecule has 1 aliphatic heterocycles. The Bertz CT molecular complexity index is 698. The summed E-state index contributed by atoms with van der Waals surface area (Å²) in [5.41, 5.74) is 0. The highest BCUT2D eigenvalue weighted by Gasteiger charge is 2.32. The van der Waals surface area contributed by atoms with Crippen molar-refractivity contribution in [3.8, 4) is 5.75 Å². The molecule has 0 unspecified atom stereocenters. The first-order valence-electron chi connectivity index (χ1n) is 7.25. The molecule has 1 aromatic rings. The van der Waals surface area contributed by atoms with E-state index in [9.17, 15) is 31.5 Å². The first-order chi connectivity index (χ1) is 11.6. The lowest BCUT2D eigenvalue weighted by Gasteiger charge is -2.17. The highest BCUT2D eigenvalue weighted by atomic mass is 32.2. The fourth-order valence-electron chi connectivity index (χ4n) is 2.38. The van der Waals surface area contributed by atoms with Crippen LogP contribution in [0.1, 0.15) is 12.8 Å². The van der Waals surface area contributed by atoms with E-state index in [4.69, 9.17) is 4.74 Å². The summed E-state index contributed by atoms with van der Waals surface area (Å²) in [4.78, 5) is 10.9. The summed E-state index contributed by atoms with van der Waals surface area (Å²) in [7, 11) is -4.22. The third-order valence-electron chi connectivity index (χ3n) is 3.56. The summed E-state index contributed by atoms with van der Waals surface area (Å²) in [6, 6.07) is 2.12. The fourth-order valence-corrected chi connectivity index (χ4v) is 3.58. The zero-order valence-electron chi connectivity index (χ0n) is 12.8. The van der Waals surface area contributed by atoms with Crippen LogP contribution in [0.15, 0.2) is 29.2 Å². The number of carboxylic acids is 1. The molecular formula is C14H16F3NO6S. The highest BCUT2D eigenvalue weighted by molar-refractivity contribution is 7.89. The van der Waals surface area contributed by atoms with E-state index in [0.29, 0.717) is 19.6 Å². The molecule has 0 aliphatic carbocycles. The number of carbonyl (C=O) groups is 1. The summed E-state index contributed by atoms with van der Waals surface area (Å²) < 4.78 is 71.6. The van der Waals surface area contributed by atoms with Crippen LogP contribution in [0.4, 0.5) is 13.2 Å². The Labute approximate surface area is 141 Å². The second-order valence-electron chi connectivity index (χ2n) is 5.50. The van der Waals surface area contributed by atoms with Crippen LogP contribution in [-0.2, 0) is 19.6 Å². The van der Waals surface area contributed by atoms with Gasteiger partial charge in [-0.2, -0.15) is 4.72 Å².